The van der Waals surface area contributed by atoms with E-state index in [4.69, 9.17) is 0 Å². The normalized spacial score (nSPS) is 13.8. The molecule has 0 radical (unpaired) electrons. The van der Waals surface area contributed by atoms with Crippen LogP contribution in [-0.2, 0) is 26.6 Å². The van der Waals surface area contributed by atoms with Crippen molar-refractivity contribution in [2.24, 2.45) is 7.05 Å². The van der Waals surface area contributed by atoms with E-state index >= 15 is 0 Å². The molecular weight excluding hydrogens is 392 g/mol. The van der Waals surface area contributed by atoms with Gasteiger partial charge in [0.15, 0.2) is 5.65 Å². The first kappa shape index (κ1) is 19.2. The van der Waals surface area contributed by atoms with Crippen molar-refractivity contribution < 1.29 is 4.79 Å². The molecule has 8 nitrogen and oxygen atoms in total. The second-order valence-electron chi connectivity index (χ2n) is 7.73. The van der Waals surface area contributed by atoms with Crippen LogP contribution in [0.15, 0.2) is 65.8 Å². The number of amides is 1. The molecule has 8 heteroatoms. The first-order chi connectivity index (χ1) is 15.1. The van der Waals surface area contributed by atoms with Crippen molar-refractivity contribution in [1.29, 1.82) is 0 Å². The van der Waals surface area contributed by atoms with Gasteiger partial charge in [-0.1, -0.05) is 30.3 Å². The minimum absolute atomic E-state index is 0.165. The SMILES string of the molecule is Cn1c2c(c(=O)n3ncc(C(=O)Nc4cccnc4)c13)CN(Cc1ccccc1)CC2. The molecule has 0 fully saturated rings. The highest BCUT2D eigenvalue weighted by Gasteiger charge is 2.26. The van der Waals surface area contributed by atoms with Gasteiger partial charge in [-0.05, 0) is 17.7 Å². The maximum absolute atomic E-state index is 13.2. The Hall–Kier alpha value is -3.78. The molecule has 0 spiro atoms. The van der Waals surface area contributed by atoms with E-state index in [1.54, 1.807) is 24.5 Å². The average Bonchev–Trinajstić information content (AvgIpc) is 3.25. The van der Waals surface area contributed by atoms with Crippen LogP contribution >= 0.6 is 0 Å². The highest BCUT2D eigenvalue weighted by atomic mass is 16.2. The molecule has 1 aliphatic rings. The van der Waals surface area contributed by atoms with Crippen LogP contribution in [-0.4, -0.2) is 36.5 Å². The molecule has 1 aliphatic heterocycles. The van der Waals surface area contributed by atoms with E-state index in [2.05, 4.69) is 32.4 Å². The van der Waals surface area contributed by atoms with Gasteiger partial charge in [0.1, 0.15) is 5.56 Å². The fourth-order valence-corrected chi connectivity index (χ4v) is 4.21. The predicted molar refractivity (Wildman–Crippen MR) is 117 cm³/mol. The minimum Gasteiger partial charge on any atom is -0.332 e. The summed E-state index contributed by atoms with van der Waals surface area (Å²) in [7, 11) is 1.89. The minimum atomic E-state index is -0.320. The van der Waals surface area contributed by atoms with Crippen LogP contribution in [0, 0.1) is 0 Å². The van der Waals surface area contributed by atoms with Gasteiger partial charge in [0, 0.05) is 45.0 Å². The lowest BCUT2D eigenvalue weighted by molar-refractivity contribution is 0.102. The molecule has 0 aliphatic carbocycles. The van der Waals surface area contributed by atoms with E-state index in [0.717, 1.165) is 30.8 Å². The molecule has 4 aromatic rings. The van der Waals surface area contributed by atoms with Crippen LogP contribution in [0.2, 0.25) is 0 Å². The van der Waals surface area contributed by atoms with Gasteiger partial charge in [-0.2, -0.15) is 9.61 Å². The number of hydrogen-bond acceptors (Lipinski definition) is 5. The molecule has 3 aromatic heterocycles. The third-order valence-corrected chi connectivity index (χ3v) is 5.72. The van der Waals surface area contributed by atoms with Crippen LogP contribution in [0.4, 0.5) is 5.69 Å². The molecule has 0 unspecified atom stereocenters. The number of hydrogen-bond donors (Lipinski definition) is 1. The zero-order valence-electron chi connectivity index (χ0n) is 17.2. The molecule has 0 atom stereocenters. The summed E-state index contributed by atoms with van der Waals surface area (Å²) >= 11 is 0. The number of carbonyl (C=O) groups is 1. The first-order valence-corrected chi connectivity index (χ1v) is 10.2. The molecule has 0 saturated carbocycles. The molecule has 1 amide bonds. The van der Waals surface area contributed by atoms with Gasteiger partial charge in [0.25, 0.3) is 11.5 Å². The van der Waals surface area contributed by atoms with Crippen molar-refractivity contribution in [2.45, 2.75) is 19.5 Å². The average molecular weight is 414 g/mol. The van der Waals surface area contributed by atoms with Crippen molar-refractivity contribution in [3.8, 4) is 0 Å². The summed E-state index contributed by atoms with van der Waals surface area (Å²) in [6.45, 7) is 2.19. The van der Waals surface area contributed by atoms with Gasteiger partial charge in [0.2, 0.25) is 0 Å². The number of carbonyl (C=O) groups excluding carboxylic acids is 1. The van der Waals surface area contributed by atoms with Crippen molar-refractivity contribution in [2.75, 3.05) is 11.9 Å². The zero-order valence-corrected chi connectivity index (χ0v) is 17.2. The van der Waals surface area contributed by atoms with Crippen LogP contribution in [0.1, 0.15) is 27.2 Å². The quantitative estimate of drug-likeness (QED) is 0.554. The molecule has 1 N–H and O–H groups in total. The summed E-state index contributed by atoms with van der Waals surface area (Å²) in [5, 5.41) is 7.07. The number of benzene rings is 1. The number of rotatable bonds is 4. The molecule has 0 saturated heterocycles. The maximum Gasteiger partial charge on any atom is 0.279 e. The van der Waals surface area contributed by atoms with Gasteiger partial charge in [0.05, 0.1) is 23.6 Å². The smallest absolute Gasteiger partial charge is 0.279 e. The lowest BCUT2D eigenvalue weighted by atomic mass is 10.1. The van der Waals surface area contributed by atoms with Crippen molar-refractivity contribution in [3.05, 3.63) is 93.8 Å². The van der Waals surface area contributed by atoms with E-state index in [-0.39, 0.29) is 11.5 Å². The van der Waals surface area contributed by atoms with Gasteiger partial charge in [-0.15, -0.1) is 0 Å². The lowest BCUT2D eigenvalue weighted by Crippen LogP contribution is -2.38. The molecule has 31 heavy (non-hydrogen) atoms. The van der Waals surface area contributed by atoms with Crippen molar-refractivity contribution in [3.63, 3.8) is 0 Å². The van der Waals surface area contributed by atoms with E-state index in [0.29, 0.717) is 23.4 Å². The Bertz CT molecular complexity index is 1310. The van der Waals surface area contributed by atoms with E-state index in [1.807, 2.05) is 29.8 Å². The summed E-state index contributed by atoms with van der Waals surface area (Å²) < 4.78 is 3.27. The first-order valence-electron chi connectivity index (χ1n) is 10.2. The fraction of sp³-hybridized carbons (Fsp3) is 0.217. The number of nitrogens with zero attached hydrogens (tertiary/aromatic N) is 5. The molecule has 4 heterocycles. The predicted octanol–water partition coefficient (Wildman–Crippen LogP) is 2.24. The second kappa shape index (κ2) is 7.81. The Balaban J connectivity index is 1.49. The van der Waals surface area contributed by atoms with E-state index in [9.17, 15) is 9.59 Å². The number of pyridine rings is 1. The second-order valence-corrected chi connectivity index (χ2v) is 7.73. The van der Waals surface area contributed by atoms with Crippen LogP contribution in [0.3, 0.4) is 0 Å². The van der Waals surface area contributed by atoms with E-state index in [1.165, 1.54) is 16.3 Å². The Morgan fingerprint density at radius 3 is 2.74 bits per heavy atom. The van der Waals surface area contributed by atoms with Crippen molar-refractivity contribution >= 4 is 17.2 Å². The Morgan fingerprint density at radius 2 is 1.97 bits per heavy atom. The number of aromatic nitrogens is 4. The number of aryl methyl sites for hydroxylation is 1. The Morgan fingerprint density at radius 1 is 1.13 bits per heavy atom. The van der Waals surface area contributed by atoms with Crippen LogP contribution in [0.5, 0.6) is 0 Å². The van der Waals surface area contributed by atoms with Gasteiger partial charge in [-0.3, -0.25) is 19.5 Å². The molecule has 1 aromatic carbocycles. The van der Waals surface area contributed by atoms with Crippen LogP contribution in [0.25, 0.3) is 5.65 Å². The van der Waals surface area contributed by atoms with Gasteiger partial charge >= 0.3 is 0 Å². The van der Waals surface area contributed by atoms with Gasteiger partial charge < -0.3 is 9.88 Å². The highest BCUT2D eigenvalue weighted by molar-refractivity contribution is 6.08. The molecule has 156 valence electrons. The third-order valence-electron chi connectivity index (χ3n) is 5.72. The lowest BCUT2D eigenvalue weighted by Gasteiger charge is -2.29. The van der Waals surface area contributed by atoms with Gasteiger partial charge in [-0.25, -0.2) is 0 Å². The number of nitrogens with one attached hydrogen (secondary N) is 1. The Kier molecular flexibility index (Phi) is 4.83. The fourth-order valence-electron chi connectivity index (χ4n) is 4.21. The number of anilines is 1. The van der Waals surface area contributed by atoms with Crippen LogP contribution < -0.4 is 10.9 Å². The molecule has 0 bridgehead atoms. The summed E-state index contributed by atoms with van der Waals surface area (Å²) in [4.78, 5) is 32.4. The largest absolute Gasteiger partial charge is 0.332 e. The third kappa shape index (κ3) is 3.51. The van der Waals surface area contributed by atoms with E-state index < -0.39 is 0 Å². The molecule has 5 rings (SSSR count). The molecular formula is C23H22N6O2. The summed E-state index contributed by atoms with van der Waals surface area (Å²) in [5.74, 6) is -0.320. The Labute approximate surface area is 178 Å². The summed E-state index contributed by atoms with van der Waals surface area (Å²) in [5.41, 5.74) is 4.20. The summed E-state index contributed by atoms with van der Waals surface area (Å²) in [6, 6.07) is 13.8. The summed E-state index contributed by atoms with van der Waals surface area (Å²) in [6.07, 6.45) is 5.41. The maximum atomic E-state index is 13.2. The zero-order chi connectivity index (χ0) is 21.4. The number of fused-ring (bicyclic) bond motifs is 2. The monoisotopic (exact) mass is 414 g/mol. The standard InChI is InChI=1S/C23H22N6O2/c1-27-20-9-11-28(14-16-6-3-2-4-7-16)15-19(20)23(31)29-22(27)18(13-25-29)21(30)26-17-8-5-10-24-12-17/h2-8,10,12-13H,9,11,14-15H2,1H3,(H,26,30). The topological polar surface area (TPSA) is 84.5 Å². The highest BCUT2D eigenvalue weighted by Crippen LogP contribution is 2.21. The van der Waals surface area contributed by atoms with Crippen molar-refractivity contribution in [1.82, 2.24) is 24.1 Å².